The molecule has 5 unspecified atom stereocenters. The van der Waals surface area contributed by atoms with Crippen LogP contribution in [0.3, 0.4) is 0 Å². The van der Waals surface area contributed by atoms with Crippen molar-refractivity contribution in [1.82, 2.24) is 29.8 Å². The molecule has 1 aromatic carbocycles. The summed E-state index contributed by atoms with van der Waals surface area (Å²) in [5.41, 5.74) is 2.66. The molecule has 1 saturated carbocycles. The van der Waals surface area contributed by atoms with Crippen LogP contribution < -0.4 is 15.4 Å². The van der Waals surface area contributed by atoms with E-state index in [1.165, 1.54) is 24.7 Å². The second kappa shape index (κ2) is 11.8. The van der Waals surface area contributed by atoms with Crippen molar-refractivity contribution in [2.75, 3.05) is 11.9 Å². The number of aryl methyl sites for hydroxylation is 1. The number of benzene rings is 1. The van der Waals surface area contributed by atoms with Crippen molar-refractivity contribution in [3.63, 3.8) is 0 Å². The SMILES string of the molecule is Cc1ccccc1C1OC2C(COc3ncccc3C(=O)O)OC(n3cnc4c(NC(=O)NC5CCCC5)ncnc43)C2O1. The van der Waals surface area contributed by atoms with Crippen LogP contribution in [-0.2, 0) is 14.2 Å². The highest BCUT2D eigenvalue weighted by Gasteiger charge is 2.54. The van der Waals surface area contributed by atoms with Gasteiger partial charge in [0, 0.05) is 17.8 Å². The Morgan fingerprint density at radius 3 is 2.66 bits per heavy atom. The fourth-order valence-electron chi connectivity index (χ4n) is 6.05. The number of carbonyl (C=O) groups is 2. The van der Waals surface area contributed by atoms with E-state index < -0.39 is 36.8 Å². The van der Waals surface area contributed by atoms with Crippen molar-refractivity contribution < 1.29 is 33.6 Å². The lowest BCUT2D eigenvalue weighted by Crippen LogP contribution is -2.36. The molecule has 14 nitrogen and oxygen atoms in total. The number of urea groups is 1. The molecule has 4 aromatic rings. The quantitative estimate of drug-likeness (QED) is 0.269. The van der Waals surface area contributed by atoms with Gasteiger partial charge in [-0.25, -0.2) is 29.5 Å². The molecule has 1 aliphatic carbocycles. The number of amides is 2. The number of hydrogen-bond acceptors (Lipinski definition) is 10. The van der Waals surface area contributed by atoms with Gasteiger partial charge < -0.3 is 29.4 Å². The number of imidazole rings is 1. The zero-order chi connectivity index (χ0) is 30.2. The zero-order valence-electron chi connectivity index (χ0n) is 23.8. The molecule has 44 heavy (non-hydrogen) atoms. The highest BCUT2D eigenvalue weighted by Crippen LogP contribution is 2.45. The Kier molecular flexibility index (Phi) is 7.54. The molecule has 0 bridgehead atoms. The Hall–Kier alpha value is -4.66. The minimum absolute atomic E-state index is 0.0228. The number of hydrogen-bond donors (Lipinski definition) is 3. The Bertz CT molecular complexity index is 1690. The molecule has 2 amide bonds. The van der Waals surface area contributed by atoms with E-state index in [0.717, 1.165) is 36.8 Å². The van der Waals surface area contributed by atoms with E-state index in [9.17, 15) is 14.7 Å². The van der Waals surface area contributed by atoms with E-state index in [4.69, 9.17) is 18.9 Å². The molecule has 5 heterocycles. The molecule has 228 valence electrons. The van der Waals surface area contributed by atoms with Crippen molar-refractivity contribution in [1.29, 1.82) is 0 Å². The largest absolute Gasteiger partial charge is 0.477 e. The van der Waals surface area contributed by atoms with Crippen LogP contribution in [0, 0.1) is 6.92 Å². The number of ether oxygens (including phenoxy) is 4. The topological polar surface area (TPSA) is 172 Å². The standard InChI is InChI=1S/C30H31N7O7/c1-16-7-2-5-10-18(16)29-43-22-20(13-41-26-19(28(38)39)11-6-12-31-26)42-27(23(22)44-29)37-15-34-21-24(32-14-33-25(21)37)36-30(40)35-17-8-3-4-9-17/h2,5-7,10-12,14-15,17,20,22-23,27,29H,3-4,8-9,13H2,1H3,(H,38,39)(H2,32,33,35,36,40). The van der Waals surface area contributed by atoms with E-state index >= 15 is 0 Å². The lowest BCUT2D eigenvalue weighted by Gasteiger charge is -2.22. The molecule has 5 atom stereocenters. The molecule has 2 aliphatic heterocycles. The van der Waals surface area contributed by atoms with Crippen molar-refractivity contribution in [3.05, 3.63) is 71.9 Å². The minimum atomic E-state index is -1.15. The molecule has 0 spiro atoms. The first-order valence-corrected chi connectivity index (χ1v) is 14.5. The monoisotopic (exact) mass is 601 g/mol. The third-order valence-electron chi connectivity index (χ3n) is 8.23. The minimum Gasteiger partial charge on any atom is -0.477 e. The first kappa shape index (κ1) is 28.1. The number of carbonyl (C=O) groups excluding carboxylic acids is 1. The Morgan fingerprint density at radius 2 is 1.84 bits per heavy atom. The number of rotatable bonds is 8. The molecule has 0 radical (unpaired) electrons. The fourth-order valence-corrected chi connectivity index (χ4v) is 6.05. The Balaban J connectivity index is 1.16. The van der Waals surface area contributed by atoms with Gasteiger partial charge in [0.2, 0.25) is 5.88 Å². The number of aromatic carboxylic acids is 1. The van der Waals surface area contributed by atoms with E-state index in [2.05, 4.69) is 30.6 Å². The van der Waals surface area contributed by atoms with Crippen LogP contribution in [-0.4, -0.2) is 72.6 Å². The number of anilines is 1. The Morgan fingerprint density at radius 1 is 1.02 bits per heavy atom. The summed E-state index contributed by atoms with van der Waals surface area (Å²) in [7, 11) is 0. The van der Waals surface area contributed by atoms with Crippen LogP contribution in [0.1, 0.15) is 59.7 Å². The summed E-state index contributed by atoms with van der Waals surface area (Å²) in [6, 6.07) is 10.6. The average molecular weight is 602 g/mol. The number of pyridine rings is 1. The van der Waals surface area contributed by atoms with Gasteiger partial charge in [-0.1, -0.05) is 37.1 Å². The number of carboxylic acid groups (broad SMARTS) is 1. The van der Waals surface area contributed by atoms with Gasteiger partial charge in [0.1, 0.15) is 36.8 Å². The molecule has 3 aliphatic rings. The van der Waals surface area contributed by atoms with Crippen molar-refractivity contribution in [2.24, 2.45) is 0 Å². The Labute approximate surface area is 251 Å². The summed E-state index contributed by atoms with van der Waals surface area (Å²) in [4.78, 5) is 41.7. The molecule has 7 rings (SSSR count). The predicted octanol–water partition coefficient (Wildman–Crippen LogP) is 3.75. The van der Waals surface area contributed by atoms with Gasteiger partial charge in [0.05, 0.1) is 6.33 Å². The predicted molar refractivity (Wildman–Crippen MR) is 154 cm³/mol. The van der Waals surface area contributed by atoms with Crippen molar-refractivity contribution in [2.45, 2.75) is 69.5 Å². The van der Waals surface area contributed by atoms with E-state index in [0.29, 0.717) is 11.2 Å². The second-order valence-electron chi connectivity index (χ2n) is 11.1. The molecule has 3 fully saturated rings. The van der Waals surface area contributed by atoms with Gasteiger partial charge in [-0.05, 0) is 37.5 Å². The smallest absolute Gasteiger partial charge is 0.341 e. The third kappa shape index (κ3) is 5.31. The molecule has 3 N–H and O–H groups in total. The van der Waals surface area contributed by atoms with Crippen molar-refractivity contribution >= 4 is 29.0 Å². The van der Waals surface area contributed by atoms with Crippen LogP contribution in [0.5, 0.6) is 5.88 Å². The number of carboxylic acids is 1. The first-order chi connectivity index (χ1) is 21.5. The molecule has 14 heteroatoms. The van der Waals surface area contributed by atoms with Crippen molar-refractivity contribution in [3.8, 4) is 5.88 Å². The van der Waals surface area contributed by atoms with Crippen LogP contribution in [0.4, 0.5) is 10.6 Å². The van der Waals surface area contributed by atoms with Gasteiger partial charge in [-0.3, -0.25) is 9.88 Å². The third-order valence-corrected chi connectivity index (χ3v) is 8.23. The maximum absolute atomic E-state index is 12.7. The summed E-state index contributed by atoms with van der Waals surface area (Å²) in [6.45, 7) is 1.94. The lowest BCUT2D eigenvalue weighted by molar-refractivity contribution is -0.152. The molecule has 3 aromatic heterocycles. The summed E-state index contributed by atoms with van der Waals surface area (Å²) in [6.07, 6.45) is 5.28. The summed E-state index contributed by atoms with van der Waals surface area (Å²) in [5, 5.41) is 15.4. The van der Waals surface area contributed by atoms with Gasteiger partial charge in [0.25, 0.3) is 0 Å². The molecular formula is C30H31N7O7. The van der Waals surface area contributed by atoms with Crippen LogP contribution in [0.2, 0.25) is 0 Å². The second-order valence-corrected chi connectivity index (χ2v) is 11.1. The average Bonchev–Trinajstić information content (AvgIpc) is 3.82. The van der Waals surface area contributed by atoms with Gasteiger partial charge >= 0.3 is 12.0 Å². The summed E-state index contributed by atoms with van der Waals surface area (Å²) in [5.74, 6) is -0.899. The lowest BCUT2D eigenvalue weighted by atomic mass is 10.1. The van der Waals surface area contributed by atoms with Gasteiger partial charge in [-0.15, -0.1) is 0 Å². The number of nitrogens with zero attached hydrogens (tertiary/aromatic N) is 5. The van der Waals surface area contributed by atoms with E-state index in [1.54, 1.807) is 10.9 Å². The number of fused-ring (bicyclic) bond motifs is 2. The number of nitrogens with one attached hydrogen (secondary N) is 2. The highest BCUT2D eigenvalue weighted by atomic mass is 16.8. The first-order valence-electron chi connectivity index (χ1n) is 14.5. The van der Waals surface area contributed by atoms with E-state index in [1.807, 2.05) is 31.2 Å². The van der Waals surface area contributed by atoms with Gasteiger partial charge in [0.15, 0.2) is 29.5 Å². The molecular weight excluding hydrogens is 570 g/mol. The fraction of sp³-hybridized carbons (Fsp3) is 0.400. The maximum Gasteiger partial charge on any atom is 0.341 e. The van der Waals surface area contributed by atoms with Crippen LogP contribution in [0.15, 0.2) is 55.2 Å². The van der Waals surface area contributed by atoms with Gasteiger partial charge in [-0.2, -0.15) is 0 Å². The summed E-state index contributed by atoms with van der Waals surface area (Å²) >= 11 is 0. The normalized spacial score (nSPS) is 24.8. The van der Waals surface area contributed by atoms with Crippen LogP contribution in [0.25, 0.3) is 11.2 Å². The maximum atomic E-state index is 12.7. The molecule has 2 saturated heterocycles. The zero-order valence-corrected chi connectivity index (χ0v) is 23.8. The number of aromatic nitrogens is 5. The summed E-state index contributed by atoms with van der Waals surface area (Å²) < 4.78 is 26.9. The highest BCUT2D eigenvalue weighted by molar-refractivity contribution is 5.96. The van der Waals surface area contributed by atoms with Crippen LogP contribution >= 0.6 is 0 Å². The van der Waals surface area contributed by atoms with E-state index in [-0.39, 0.29) is 35.9 Å².